The molecular weight excluding hydrogens is 329 g/mol. The smallest absolute Gasteiger partial charge is 0.136 e. The van der Waals surface area contributed by atoms with Crippen LogP contribution in [-0.2, 0) is 0 Å². The highest BCUT2D eigenvalue weighted by Crippen LogP contribution is 2.27. The zero-order chi connectivity index (χ0) is 18.5. The molecule has 0 bridgehead atoms. The number of aliphatic hydroxyl groups excluding tert-OH is 1. The van der Waals surface area contributed by atoms with Crippen molar-refractivity contribution in [1.29, 1.82) is 0 Å². The Bertz CT molecular complexity index is 935. The molecule has 3 nitrogen and oxygen atoms in total. The Kier molecular flexibility index (Phi) is 5.64. The van der Waals surface area contributed by atoms with Gasteiger partial charge in [-0.05, 0) is 61.4 Å². The molecule has 2 N–H and O–H groups in total. The Hall–Kier alpha value is -2.72. The van der Waals surface area contributed by atoms with Crippen LogP contribution < -0.4 is 0 Å². The lowest BCUT2D eigenvalue weighted by atomic mass is 10.0. The van der Waals surface area contributed by atoms with Crippen LogP contribution in [0, 0.1) is 5.82 Å². The van der Waals surface area contributed by atoms with Gasteiger partial charge in [-0.3, -0.25) is 4.98 Å². The van der Waals surface area contributed by atoms with Gasteiger partial charge in [0.05, 0.1) is 11.8 Å². The molecule has 0 fully saturated rings. The number of rotatable bonds is 6. The number of hydrogen-bond donors (Lipinski definition) is 2. The monoisotopic (exact) mass is 351 g/mol. The highest BCUT2D eigenvalue weighted by atomic mass is 19.1. The number of unbranched alkanes of at least 4 members (excludes halogenated alkanes) is 1. The van der Waals surface area contributed by atoms with Crippen LogP contribution in [0.3, 0.4) is 0 Å². The van der Waals surface area contributed by atoms with Gasteiger partial charge in [0.25, 0.3) is 0 Å². The topological polar surface area (TPSA) is 53.4 Å². The van der Waals surface area contributed by atoms with E-state index in [4.69, 9.17) is 0 Å². The minimum atomic E-state index is -0.492. The Labute approximate surface area is 152 Å². The first-order chi connectivity index (χ1) is 12.5. The van der Waals surface area contributed by atoms with E-state index in [1.54, 1.807) is 13.1 Å². The molecule has 134 valence electrons. The number of aliphatic hydroxyl groups is 1. The second-order valence-electron chi connectivity index (χ2n) is 6.52. The average Bonchev–Trinajstić information content (AvgIpc) is 2.61. The van der Waals surface area contributed by atoms with Crippen molar-refractivity contribution in [1.82, 2.24) is 4.98 Å². The van der Waals surface area contributed by atoms with Crippen LogP contribution in [0.1, 0.15) is 31.7 Å². The first-order valence-electron chi connectivity index (χ1n) is 8.76. The molecule has 0 spiro atoms. The molecule has 0 aliphatic carbocycles. The second kappa shape index (κ2) is 8.11. The molecule has 3 rings (SSSR count). The van der Waals surface area contributed by atoms with Crippen molar-refractivity contribution in [3.05, 3.63) is 66.1 Å². The minimum Gasteiger partial charge on any atom is -0.508 e. The molecule has 0 amide bonds. The Balaban J connectivity index is 1.78. The van der Waals surface area contributed by atoms with Crippen LogP contribution >= 0.6 is 0 Å². The molecule has 3 aromatic rings. The van der Waals surface area contributed by atoms with Crippen LogP contribution in [0.5, 0.6) is 5.75 Å². The summed E-state index contributed by atoms with van der Waals surface area (Å²) in [5.41, 5.74) is 1.99. The third kappa shape index (κ3) is 4.46. The molecule has 0 saturated heterocycles. The van der Waals surface area contributed by atoms with Crippen molar-refractivity contribution in [3.8, 4) is 17.0 Å². The predicted octanol–water partition coefficient (Wildman–Crippen LogP) is 5.31. The number of nitrogens with zero attached hydrogens (tertiary/aromatic N) is 1. The quantitative estimate of drug-likeness (QED) is 0.592. The summed E-state index contributed by atoms with van der Waals surface area (Å²) in [6.45, 7) is 1.80. The van der Waals surface area contributed by atoms with Crippen molar-refractivity contribution < 1.29 is 14.6 Å². The van der Waals surface area contributed by atoms with Gasteiger partial charge in [-0.25, -0.2) is 4.39 Å². The number of aromatic nitrogens is 1. The highest BCUT2D eigenvalue weighted by molar-refractivity contribution is 5.87. The lowest BCUT2D eigenvalue weighted by Gasteiger charge is -2.06. The summed E-state index contributed by atoms with van der Waals surface area (Å²) >= 11 is 0. The molecule has 0 radical (unpaired) electrons. The molecule has 4 heteroatoms. The molecule has 1 atom stereocenters. The van der Waals surface area contributed by atoms with E-state index in [0.717, 1.165) is 41.7 Å². The van der Waals surface area contributed by atoms with Crippen molar-refractivity contribution in [2.24, 2.45) is 0 Å². The maximum Gasteiger partial charge on any atom is 0.136 e. The van der Waals surface area contributed by atoms with E-state index in [2.05, 4.69) is 17.1 Å². The van der Waals surface area contributed by atoms with E-state index in [1.807, 2.05) is 24.3 Å². The number of halogens is 1. The summed E-state index contributed by atoms with van der Waals surface area (Å²) in [4.78, 5) is 4.36. The first-order valence-corrected chi connectivity index (χ1v) is 8.76. The van der Waals surface area contributed by atoms with Gasteiger partial charge in [-0.1, -0.05) is 24.3 Å². The average molecular weight is 351 g/mol. The van der Waals surface area contributed by atoms with Gasteiger partial charge >= 0.3 is 0 Å². The molecule has 0 aliphatic heterocycles. The van der Waals surface area contributed by atoms with Crippen molar-refractivity contribution in [3.63, 3.8) is 0 Å². The molecule has 2 aromatic carbocycles. The van der Waals surface area contributed by atoms with Gasteiger partial charge in [0, 0.05) is 23.2 Å². The van der Waals surface area contributed by atoms with E-state index >= 15 is 0 Å². The molecule has 1 unspecified atom stereocenters. The summed E-state index contributed by atoms with van der Waals surface area (Å²) in [5, 5.41) is 20.6. The Morgan fingerprint density at radius 3 is 2.73 bits per heavy atom. The maximum atomic E-state index is 14.0. The first kappa shape index (κ1) is 18.1. The van der Waals surface area contributed by atoms with Gasteiger partial charge in [0.1, 0.15) is 11.6 Å². The fraction of sp³-hybridized carbons (Fsp3) is 0.227. The molecule has 1 heterocycles. The lowest BCUT2D eigenvalue weighted by molar-refractivity contribution is 0.182. The van der Waals surface area contributed by atoms with Gasteiger partial charge in [-0.2, -0.15) is 0 Å². The van der Waals surface area contributed by atoms with Crippen molar-refractivity contribution in [2.45, 2.75) is 32.3 Å². The van der Waals surface area contributed by atoms with E-state index in [-0.39, 0.29) is 11.9 Å². The van der Waals surface area contributed by atoms with Crippen LogP contribution in [0.2, 0.25) is 0 Å². The number of benzene rings is 2. The van der Waals surface area contributed by atoms with E-state index < -0.39 is 5.82 Å². The normalized spacial score (nSPS) is 12.7. The van der Waals surface area contributed by atoms with E-state index in [0.29, 0.717) is 11.3 Å². The number of aromatic hydroxyl groups is 1. The zero-order valence-corrected chi connectivity index (χ0v) is 14.7. The summed E-state index contributed by atoms with van der Waals surface area (Å²) in [5.74, 6) is -0.592. The minimum absolute atomic E-state index is 0.100. The Morgan fingerprint density at radius 2 is 1.96 bits per heavy atom. The fourth-order valence-corrected chi connectivity index (χ4v) is 2.87. The number of phenolic OH excluding ortho intramolecular Hbond substituents is 1. The maximum absolute atomic E-state index is 14.0. The second-order valence-corrected chi connectivity index (χ2v) is 6.52. The standard InChI is InChI=1S/C22H22FNO2/c1-15(25)5-3-2-4-6-16-7-8-17-12-22(24-14-18(17)11-16)20-10-9-19(26)13-21(20)23/h4,6-15,25-26H,2-3,5H2,1H3. The molecule has 1 aromatic heterocycles. The summed E-state index contributed by atoms with van der Waals surface area (Å²) in [7, 11) is 0. The molecular formula is C22H22FNO2. The van der Waals surface area contributed by atoms with Crippen LogP contribution in [0.15, 0.2) is 54.7 Å². The lowest BCUT2D eigenvalue weighted by Crippen LogP contribution is -1.97. The van der Waals surface area contributed by atoms with Crippen molar-refractivity contribution in [2.75, 3.05) is 0 Å². The summed E-state index contributed by atoms with van der Waals surface area (Å²) < 4.78 is 14.0. The predicted molar refractivity (Wildman–Crippen MR) is 103 cm³/mol. The summed E-state index contributed by atoms with van der Waals surface area (Å²) in [6.07, 6.45) is 8.37. The number of fused-ring (bicyclic) bond motifs is 1. The van der Waals surface area contributed by atoms with Gasteiger partial charge in [0.2, 0.25) is 0 Å². The van der Waals surface area contributed by atoms with Gasteiger partial charge < -0.3 is 10.2 Å². The Morgan fingerprint density at radius 1 is 1.12 bits per heavy atom. The van der Waals surface area contributed by atoms with Gasteiger partial charge in [0.15, 0.2) is 0 Å². The number of pyridine rings is 1. The van der Waals surface area contributed by atoms with Gasteiger partial charge in [-0.15, -0.1) is 0 Å². The summed E-state index contributed by atoms with van der Waals surface area (Å²) in [6, 6.07) is 12.0. The van der Waals surface area contributed by atoms with Crippen molar-refractivity contribution >= 4 is 16.8 Å². The third-order valence-electron chi connectivity index (χ3n) is 4.28. The highest BCUT2D eigenvalue weighted by Gasteiger charge is 2.08. The van der Waals surface area contributed by atoms with Crippen LogP contribution in [0.25, 0.3) is 28.1 Å². The fourth-order valence-electron chi connectivity index (χ4n) is 2.87. The number of allylic oxidation sites excluding steroid dienone is 1. The SMILES string of the molecule is CC(O)CCCC=Cc1ccc2cc(-c3ccc(O)cc3F)ncc2c1. The van der Waals surface area contributed by atoms with Crippen LogP contribution in [0.4, 0.5) is 4.39 Å². The molecule has 0 aliphatic rings. The molecule has 0 saturated carbocycles. The zero-order valence-electron chi connectivity index (χ0n) is 14.7. The largest absolute Gasteiger partial charge is 0.508 e. The number of hydrogen-bond acceptors (Lipinski definition) is 3. The molecule has 26 heavy (non-hydrogen) atoms. The van der Waals surface area contributed by atoms with E-state index in [9.17, 15) is 14.6 Å². The third-order valence-corrected chi connectivity index (χ3v) is 4.28. The van der Waals surface area contributed by atoms with Crippen LogP contribution in [-0.4, -0.2) is 21.3 Å². The number of phenols is 1. The van der Waals surface area contributed by atoms with E-state index in [1.165, 1.54) is 12.1 Å².